The monoisotopic (exact) mass is 315 g/mol. The predicted octanol–water partition coefficient (Wildman–Crippen LogP) is 2.28. The summed E-state index contributed by atoms with van der Waals surface area (Å²) >= 11 is 3.43. The molecule has 4 nitrogen and oxygen atoms in total. The Kier molecular flexibility index (Phi) is 5.56. The first kappa shape index (κ1) is 15.4. The number of rotatable bonds is 6. The van der Waals surface area contributed by atoms with Crippen LogP contribution in [0.2, 0.25) is 0 Å². The summed E-state index contributed by atoms with van der Waals surface area (Å²) in [5.41, 5.74) is 1.03. The van der Waals surface area contributed by atoms with Gasteiger partial charge in [0.1, 0.15) is 6.61 Å². The first-order valence-electron chi connectivity index (χ1n) is 5.96. The minimum atomic E-state index is -0.0222. The Morgan fingerprint density at radius 1 is 1.44 bits per heavy atom. The van der Waals surface area contributed by atoms with Crippen LogP contribution in [0, 0.1) is 0 Å². The van der Waals surface area contributed by atoms with Gasteiger partial charge < -0.3 is 15.0 Å². The number of hydrogen-bond donors (Lipinski definition) is 1. The van der Waals surface area contributed by atoms with Crippen LogP contribution in [-0.4, -0.2) is 43.2 Å². The van der Waals surface area contributed by atoms with Crippen LogP contribution in [0.15, 0.2) is 16.7 Å². The molecule has 0 aromatic carbocycles. The lowest BCUT2D eigenvalue weighted by molar-refractivity contribution is 0.110. The minimum Gasteiger partial charge on any atom is -0.475 e. The van der Waals surface area contributed by atoms with Crippen LogP contribution in [0.5, 0.6) is 5.88 Å². The second kappa shape index (κ2) is 6.50. The predicted molar refractivity (Wildman–Crippen MR) is 78.0 cm³/mol. The van der Waals surface area contributed by atoms with Crippen molar-refractivity contribution in [3.8, 4) is 5.88 Å². The summed E-state index contributed by atoms with van der Waals surface area (Å²) in [6.45, 7) is 5.63. The highest BCUT2D eigenvalue weighted by atomic mass is 79.9. The van der Waals surface area contributed by atoms with Crippen molar-refractivity contribution in [1.82, 2.24) is 15.2 Å². The molecule has 1 rings (SSSR count). The minimum absolute atomic E-state index is 0.0222. The molecule has 0 fully saturated rings. The molecule has 0 saturated carbocycles. The van der Waals surface area contributed by atoms with Crippen LogP contribution >= 0.6 is 15.9 Å². The lowest BCUT2D eigenvalue weighted by Crippen LogP contribution is -2.43. The second-order valence-corrected chi connectivity index (χ2v) is 6.06. The third-order valence-electron chi connectivity index (χ3n) is 3.03. The van der Waals surface area contributed by atoms with Gasteiger partial charge in [0.2, 0.25) is 5.88 Å². The zero-order chi connectivity index (χ0) is 13.8. The van der Waals surface area contributed by atoms with Crippen molar-refractivity contribution in [3.05, 3.63) is 22.3 Å². The number of nitrogens with one attached hydrogen (secondary N) is 1. The molecule has 0 spiro atoms. The molecule has 0 unspecified atom stereocenters. The third kappa shape index (κ3) is 4.23. The van der Waals surface area contributed by atoms with Gasteiger partial charge in [-0.3, -0.25) is 0 Å². The topological polar surface area (TPSA) is 37.4 Å². The Balaban J connectivity index is 2.78. The Bertz CT molecular complexity index is 394. The molecule has 1 aromatic rings. The van der Waals surface area contributed by atoms with E-state index in [1.807, 2.05) is 27.2 Å². The van der Waals surface area contributed by atoms with Gasteiger partial charge in [-0.05, 0) is 57.0 Å². The first-order chi connectivity index (χ1) is 8.36. The molecule has 1 N–H and O–H groups in total. The van der Waals surface area contributed by atoms with Gasteiger partial charge in [0.05, 0.1) is 0 Å². The zero-order valence-corrected chi connectivity index (χ0v) is 13.3. The molecule has 0 amide bonds. The van der Waals surface area contributed by atoms with Crippen molar-refractivity contribution < 1.29 is 4.74 Å². The smallest absolute Gasteiger partial charge is 0.217 e. The SMILES string of the molecule is CNCc1cc(Br)cnc1OCC(C)(C)N(C)C. The number of halogens is 1. The van der Waals surface area contributed by atoms with Crippen LogP contribution in [0.1, 0.15) is 19.4 Å². The highest BCUT2D eigenvalue weighted by Crippen LogP contribution is 2.21. The molecular weight excluding hydrogens is 294 g/mol. The molecule has 1 heterocycles. The van der Waals surface area contributed by atoms with E-state index in [1.165, 1.54) is 0 Å². The number of aromatic nitrogens is 1. The highest BCUT2D eigenvalue weighted by molar-refractivity contribution is 9.10. The maximum Gasteiger partial charge on any atom is 0.217 e. The van der Waals surface area contributed by atoms with Crippen LogP contribution in [0.25, 0.3) is 0 Å². The van der Waals surface area contributed by atoms with Gasteiger partial charge >= 0.3 is 0 Å². The quantitative estimate of drug-likeness (QED) is 0.874. The summed E-state index contributed by atoms with van der Waals surface area (Å²) in [6, 6.07) is 2.03. The van der Waals surface area contributed by atoms with Crippen LogP contribution in [0.3, 0.4) is 0 Å². The number of hydrogen-bond acceptors (Lipinski definition) is 4. The molecule has 102 valence electrons. The number of nitrogens with zero attached hydrogens (tertiary/aromatic N) is 2. The van der Waals surface area contributed by atoms with Crippen molar-refractivity contribution in [2.75, 3.05) is 27.7 Å². The molecule has 0 aliphatic carbocycles. The summed E-state index contributed by atoms with van der Waals surface area (Å²) in [6.07, 6.45) is 1.76. The van der Waals surface area contributed by atoms with Gasteiger partial charge in [-0.15, -0.1) is 0 Å². The van der Waals surface area contributed by atoms with Crippen LogP contribution in [0.4, 0.5) is 0 Å². The van der Waals surface area contributed by atoms with E-state index in [0.717, 1.165) is 16.6 Å². The van der Waals surface area contributed by atoms with Crippen molar-refractivity contribution in [3.63, 3.8) is 0 Å². The van der Waals surface area contributed by atoms with Gasteiger partial charge in [-0.25, -0.2) is 4.98 Å². The second-order valence-electron chi connectivity index (χ2n) is 5.14. The Morgan fingerprint density at radius 2 is 2.11 bits per heavy atom. The molecule has 0 atom stereocenters. The van der Waals surface area contributed by atoms with Crippen LogP contribution in [-0.2, 0) is 6.54 Å². The van der Waals surface area contributed by atoms with E-state index < -0.39 is 0 Å². The van der Waals surface area contributed by atoms with Gasteiger partial charge in [-0.1, -0.05) is 0 Å². The van der Waals surface area contributed by atoms with E-state index in [4.69, 9.17) is 4.74 Å². The number of likely N-dealkylation sites (N-methyl/N-ethyl adjacent to an activating group) is 1. The van der Waals surface area contributed by atoms with Crippen molar-refractivity contribution in [2.45, 2.75) is 25.9 Å². The average Bonchev–Trinajstić information content (AvgIpc) is 2.28. The van der Waals surface area contributed by atoms with Gasteiger partial charge in [0.15, 0.2) is 0 Å². The third-order valence-corrected chi connectivity index (χ3v) is 3.47. The summed E-state index contributed by atoms with van der Waals surface area (Å²) in [4.78, 5) is 6.47. The summed E-state index contributed by atoms with van der Waals surface area (Å²) in [7, 11) is 6.01. The normalized spacial score (nSPS) is 11.9. The fraction of sp³-hybridized carbons (Fsp3) is 0.615. The molecule has 0 saturated heterocycles. The molecule has 5 heteroatoms. The molecule has 1 aromatic heterocycles. The lowest BCUT2D eigenvalue weighted by atomic mass is 10.1. The number of ether oxygens (including phenoxy) is 1. The fourth-order valence-electron chi connectivity index (χ4n) is 1.29. The standard InChI is InChI=1S/C13H22BrN3O/c1-13(2,17(4)5)9-18-12-10(7-15-3)6-11(14)8-16-12/h6,8,15H,7,9H2,1-5H3. The lowest BCUT2D eigenvalue weighted by Gasteiger charge is -2.32. The zero-order valence-electron chi connectivity index (χ0n) is 11.7. The Labute approximate surface area is 118 Å². The maximum atomic E-state index is 5.86. The van der Waals surface area contributed by atoms with Gasteiger partial charge in [-0.2, -0.15) is 0 Å². The first-order valence-corrected chi connectivity index (χ1v) is 6.75. The van der Waals surface area contributed by atoms with E-state index in [2.05, 4.69) is 45.0 Å². The van der Waals surface area contributed by atoms with Crippen LogP contribution < -0.4 is 10.1 Å². The molecule has 18 heavy (non-hydrogen) atoms. The van der Waals surface area contributed by atoms with E-state index >= 15 is 0 Å². The molecule has 0 radical (unpaired) electrons. The molecular formula is C13H22BrN3O. The van der Waals surface area contributed by atoms with E-state index in [-0.39, 0.29) is 5.54 Å². The Hall–Kier alpha value is -0.650. The summed E-state index contributed by atoms with van der Waals surface area (Å²) in [5.74, 6) is 0.697. The van der Waals surface area contributed by atoms with Crippen molar-refractivity contribution in [1.29, 1.82) is 0 Å². The maximum absolute atomic E-state index is 5.86. The molecule has 0 aliphatic heterocycles. The fourth-order valence-corrected chi connectivity index (χ4v) is 1.67. The largest absolute Gasteiger partial charge is 0.475 e. The summed E-state index contributed by atoms with van der Waals surface area (Å²) < 4.78 is 6.82. The van der Waals surface area contributed by atoms with Crippen molar-refractivity contribution in [2.24, 2.45) is 0 Å². The van der Waals surface area contributed by atoms with E-state index in [9.17, 15) is 0 Å². The van der Waals surface area contributed by atoms with E-state index in [0.29, 0.717) is 12.5 Å². The summed E-state index contributed by atoms with van der Waals surface area (Å²) in [5, 5.41) is 3.12. The number of pyridine rings is 1. The molecule has 0 bridgehead atoms. The van der Waals surface area contributed by atoms with E-state index in [1.54, 1.807) is 6.20 Å². The van der Waals surface area contributed by atoms with Crippen molar-refractivity contribution >= 4 is 15.9 Å². The van der Waals surface area contributed by atoms with Gasteiger partial charge in [0, 0.05) is 28.3 Å². The Morgan fingerprint density at radius 3 is 2.67 bits per heavy atom. The highest BCUT2D eigenvalue weighted by Gasteiger charge is 2.22. The van der Waals surface area contributed by atoms with Gasteiger partial charge in [0.25, 0.3) is 0 Å². The average molecular weight is 316 g/mol. The molecule has 0 aliphatic rings.